The lowest BCUT2D eigenvalue weighted by atomic mass is 10.2. The fourth-order valence-electron chi connectivity index (χ4n) is 1.63. The molecular formula is C15H16Cl2N2S. The molecule has 0 atom stereocenters. The first-order chi connectivity index (χ1) is 9.56. The van der Waals surface area contributed by atoms with Crippen molar-refractivity contribution in [2.45, 2.75) is 36.4 Å². The van der Waals surface area contributed by atoms with Crippen LogP contribution in [0, 0.1) is 0 Å². The minimum Gasteiger partial charge on any atom is -0.310 e. The summed E-state index contributed by atoms with van der Waals surface area (Å²) >= 11 is 13.8. The fraction of sp³-hybridized carbons (Fsp3) is 0.267. The van der Waals surface area contributed by atoms with Gasteiger partial charge in [0.1, 0.15) is 5.03 Å². The molecule has 2 nitrogen and oxygen atoms in total. The minimum absolute atomic E-state index is 0.432. The number of hydrogen-bond acceptors (Lipinski definition) is 3. The summed E-state index contributed by atoms with van der Waals surface area (Å²) in [4.78, 5) is 5.38. The van der Waals surface area contributed by atoms with Crippen molar-refractivity contribution in [3.63, 3.8) is 0 Å². The third-order valence-electron chi connectivity index (χ3n) is 2.66. The molecule has 0 amide bonds. The molecule has 0 unspecified atom stereocenters. The van der Waals surface area contributed by atoms with Gasteiger partial charge >= 0.3 is 0 Å². The van der Waals surface area contributed by atoms with Crippen molar-refractivity contribution in [3.05, 3.63) is 52.1 Å². The van der Waals surface area contributed by atoms with Crippen LogP contribution < -0.4 is 5.32 Å². The smallest absolute Gasteiger partial charge is 0.119 e. The minimum atomic E-state index is 0.432. The van der Waals surface area contributed by atoms with Gasteiger partial charge in [-0.25, -0.2) is 4.98 Å². The van der Waals surface area contributed by atoms with Crippen LogP contribution in [0.15, 0.2) is 46.5 Å². The van der Waals surface area contributed by atoms with E-state index in [1.165, 1.54) is 17.3 Å². The summed E-state index contributed by atoms with van der Waals surface area (Å²) in [7, 11) is 0. The molecule has 0 radical (unpaired) electrons. The van der Waals surface area contributed by atoms with Crippen LogP contribution in [0.1, 0.15) is 19.4 Å². The Kier molecular flexibility index (Phi) is 5.73. The SMILES string of the molecule is CC(C)NCc1ccc(Cl)cc1Sc1ncccc1Cl. The molecule has 0 fully saturated rings. The molecule has 5 heteroatoms. The Morgan fingerprint density at radius 2 is 2.05 bits per heavy atom. The summed E-state index contributed by atoms with van der Waals surface area (Å²) in [6.45, 7) is 5.04. The van der Waals surface area contributed by atoms with Crippen molar-refractivity contribution in [1.29, 1.82) is 0 Å². The van der Waals surface area contributed by atoms with Gasteiger partial charge in [0.2, 0.25) is 0 Å². The van der Waals surface area contributed by atoms with Crippen LogP contribution in [0.4, 0.5) is 0 Å². The third kappa shape index (κ3) is 4.38. The predicted molar refractivity (Wildman–Crippen MR) is 86.8 cm³/mol. The van der Waals surface area contributed by atoms with Crippen LogP contribution in [-0.4, -0.2) is 11.0 Å². The number of pyridine rings is 1. The van der Waals surface area contributed by atoms with Gasteiger partial charge in [-0.3, -0.25) is 0 Å². The molecule has 0 aliphatic rings. The first-order valence-electron chi connectivity index (χ1n) is 6.36. The second kappa shape index (κ2) is 7.32. The number of nitrogens with one attached hydrogen (secondary N) is 1. The van der Waals surface area contributed by atoms with Crippen LogP contribution >= 0.6 is 35.0 Å². The lowest BCUT2D eigenvalue weighted by Crippen LogP contribution is -2.22. The van der Waals surface area contributed by atoms with E-state index in [-0.39, 0.29) is 0 Å². The Labute approximate surface area is 133 Å². The molecule has 0 aliphatic carbocycles. The highest BCUT2D eigenvalue weighted by Crippen LogP contribution is 2.34. The van der Waals surface area contributed by atoms with Crippen molar-refractivity contribution in [2.75, 3.05) is 0 Å². The molecular weight excluding hydrogens is 311 g/mol. The molecule has 0 aliphatic heterocycles. The van der Waals surface area contributed by atoms with Crippen LogP contribution in [0.5, 0.6) is 0 Å². The highest BCUT2D eigenvalue weighted by molar-refractivity contribution is 7.99. The van der Waals surface area contributed by atoms with Gasteiger partial charge in [0.05, 0.1) is 5.02 Å². The van der Waals surface area contributed by atoms with Crippen molar-refractivity contribution < 1.29 is 0 Å². The number of nitrogens with zero attached hydrogens (tertiary/aromatic N) is 1. The van der Waals surface area contributed by atoms with E-state index in [1.54, 1.807) is 6.20 Å². The van der Waals surface area contributed by atoms with Gasteiger partial charge in [-0.05, 0) is 29.8 Å². The second-order valence-electron chi connectivity index (χ2n) is 4.68. The van der Waals surface area contributed by atoms with Crippen molar-refractivity contribution in [2.24, 2.45) is 0 Å². The monoisotopic (exact) mass is 326 g/mol. The second-order valence-corrected chi connectivity index (χ2v) is 6.55. The van der Waals surface area contributed by atoms with Crippen LogP contribution in [-0.2, 0) is 6.54 Å². The average Bonchev–Trinajstić information content (AvgIpc) is 2.40. The molecule has 0 bridgehead atoms. The molecule has 1 heterocycles. The summed E-state index contributed by atoms with van der Waals surface area (Å²) < 4.78 is 0. The van der Waals surface area contributed by atoms with Crippen LogP contribution in [0.2, 0.25) is 10.0 Å². The summed E-state index contributed by atoms with van der Waals surface area (Å²) in [5.41, 5.74) is 1.19. The maximum absolute atomic E-state index is 6.16. The normalized spacial score (nSPS) is 11.1. The van der Waals surface area contributed by atoms with Crippen molar-refractivity contribution in [1.82, 2.24) is 10.3 Å². The molecule has 1 aromatic carbocycles. The van der Waals surface area contributed by atoms with Gasteiger partial charge in [-0.1, -0.05) is 54.9 Å². The van der Waals surface area contributed by atoms with Crippen molar-refractivity contribution in [3.8, 4) is 0 Å². The lowest BCUT2D eigenvalue weighted by molar-refractivity contribution is 0.585. The van der Waals surface area contributed by atoms with Gasteiger partial charge in [0.25, 0.3) is 0 Å². The van der Waals surface area contributed by atoms with Crippen LogP contribution in [0.3, 0.4) is 0 Å². The Balaban J connectivity index is 2.25. The zero-order valence-corrected chi connectivity index (χ0v) is 13.7. The van der Waals surface area contributed by atoms with E-state index in [2.05, 4.69) is 24.1 Å². The Hall–Kier alpha value is -0.740. The van der Waals surface area contributed by atoms with E-state index >= 15 is 0 Å². The molecule has 106 valence electrons. The molecule has 2 rings (SSSR count). The maximum atomic E-state index is 6.16. The van der Waals surface area contributed by atoms with E-state index < -0.39 is 0 Å². The fourth-order valence-corrected chi connectivity index (χ4v) is 3.05. The summed E-state index contributed by atoms with van der Waals surface area (Å²) in [6, 6.07) is 10.00. The van der Waals surface area contributed by atoms with Gasteiger partial charge in [0.15, 0.2) is 0 Å². The highest BCUT2D eigenvalue weighted by atomic mass is 35.5. The Bertz CT molecular complexity index is 588. The predicted octanol–water partition coefficient (Wildman–Crippen LogP) is 5.04. The Morgan fingerprint density at radius 3 is 2.75 bits per heavy atom. The van der Waals surface area contributed by atoms with Crippen molar-refractivity contribution >= 4 is 35.0 Å². The van der Waals surface area contributed by atoms with Gasteiger partial charge in [-0.15, -0.1) is 0 Å². The van der Waals surface area contributed by atoms with Gasteiger partial charge < -0.3 is 5.32 Å². The topological polar surface area (TPSA) is 24.9 Å². The Morgan fingerprint density at radius 1 is 1.25 bits per heavy atom. The lowest BCUT2D eigenvalue weighted by Gasteiger charge is -2.13. The average molecular weight is 327 g/mol. The molecule has 0 saturated heterocycles. The van der Waals surface area contributed by atoms with E-state index in [4.69, 9.17) is 23.2 Å². The van der Waals surface area contributed by atoms with Gasteiger partial charge in [-0.2, -0.15) is 0 Å². The van der Waals surface area contributed by atoms with E-state index in [1.807, 2.05) is 30.3 Å². The molecule has 0 saturated carbocycles. The number of aromatic nitrogens is 1. The molecule has 20 heavy (non-hydrogen) atoms. The third-order valence-corrected chi connectivity index (χ3v) is 4.43. The summed E-state index contributed by atoms with van der Waals surface area (Å²) in [5, 5.41) is 5.57. The molecule has 2 aromatic rings. The summed E-state index contributed by atoms with van der Waals surface area (Å²) in [6.07, 6.45) is 1.74. The highest BCUT2D eigenvalue weighted by Gasteiger charge is 2.09. The standard InChI is InChI=1S/C15H16Cl2N2S/c1-10(2)19-9-11-5-6-12(16)8-14(11)20-15-13(17)4-3-7-18-15/h3-8,10,19H,9H2,1-2H3. The number of hydrogen-bond donors (Lipinski definition) is 1. The van der Waals surface area contributed by atoms with E-state index in [0.717, 1.165) is 16.5 Å². The zero-order valence-electron chi connectivity index (χ0n) is 11.4. The quantitative estimate of drug-likeness (QED) is 0.833. The number of benzene rings is 1. The van der Waals surface area contributed by atoms with E-state index in [9.17, 15) is 0 Å². The zero-order chi connectivity index (χ0) is 14.5. The summed E-state index contributed by atoms with van der Waals surface area (Å²) in [5.74, 6) is 0. The number of halogens is 2. The van der Waals surface area contributed by atoms with Gasteiger partial charge in [0, 0.05) is 28.7 Å². The number of rotatable bonds is 5. The molecule has 1 N–H and O–H groups in total. The first kappa shape index (κ1) is 15.6. The molecule has 1 aromatic heterocycles. The van der Waals surface area contributed by atoms with Crippen LogP contribution in [0.25, 0.3) is 0 Å². The van der Waals surface area contributed by atoms with E-state index in [0.29, 0.717) is 16.1 Å². The largest absolute Gasteiger partial charge is 0.310 e. The first-order valence-corrected chi connectivity index (χ1v) is 7.93. The maximum Gasteiger partial charge on any atom is 0.119 e. The molecule has 0 spiro atoms.